The predicted molar refractivity (Wildman–Crippen MR) is 137 cm³/mol. The maximum atomic E-state index is 13.3. The largest absolute Gasteiger partial charge is 0.423 e. The fraction of sp³-hybridized carbons (Fsp3) is 0.407. The third-order valence-electron chi connectivity index (χ3n) is 7.63. The summed E-state index contributed by atoms with van der Waals surface area (Å²) in [5.41, 5.74) is -1.79. The number of hydrogen-bond acceptors (Lipinski definition) is 6. The Morgan fingerprint density at radius 2 is 1.65 bits per heavy atom. The number of rotatable bonds is 5. The van der Waals surface area contributed by atoms with Crippen molar-refractivity contribution < 1.29 is 23.2 Å². The number of aliphatic hydroxyl groups is 1. The monoisotopic (exact) mass is 514 g/mol. The van der Waals surface area contributed by atoms with Crippen molar-refractivity contribution in [3.8, 4) is 0 Å². The average molecular weight is 515 g/mol. The number of nitro groups is 1. The highest BCUT2D eigenvalue weighted by atomic mass is 19.4. The summed E-state index contributed by atoms with van der Waals surface area (Å²) in [5.74, 6) is 0. The average Bonchev–Trinajstić information content (AvgIpc) is 2.89. The second kappa shape index (κ2) is 9.83. The minimum atomic E-state index is -4.82. The molecule has 3 aromatic rings. The van der Waals surface area contributed by atoms with Gasteiger partial charge in [0.25, 0.3) is 5.69 Å². The van der Waals surface area contributed by atoms with Crippen molar-refractivity contribution in [2.24, 2.45) is 0 Å². The number of nitrogens with one attached hydrogen (secondary N) is 1. The third kappa shape index (κ3) is 5.21. The molecule has 0 unspecified atom stereocenters. The molecular formula is C27H29F3N4O3. The quantitative estimate of drug-likeness (QED) is 0.339. The molecule has 1 heterocycles. The third-order valence-corrected chi connectivity index (χ3v) is 7.63. The minimum Gasteiger partial charge on any atom is -0.382 e. The molecule has 1 aliphatic heterocycles. The molecule has 3 aromatic carbocycles. The number of piperazine rings is 1. The number of halogens is 3. The summed E-state index contributed by atoms with van der Waals surface area (Å²) in [7, 11) is 0. The Morgan fingerprint density at radius 1 is 0.973 bits per heavy atom. The molecule has 5 rings (SSSR count). The number of nitrogens with zero attached hydrogens (tertiary/aromatic N) is 3. The van der Waals surface area contributed by atoms with Gasteiger partial charge in [0.05, 0.1) is 4.92 Å². The van der Waals surface area contributed by atoms with Crippen LogP contribution in [0.25, 0.3) is 10.8 Å². The highest BCUT2D eigenvalue weighted by Crippen LogP contribution is 2.39. The van der Waals surface area contributed by atoms with Crippen molar-refractivity contribution in [3.05, 3.63) is 76.3 Å². The second-order valence-corrected chi connectivity index (χ2v) is 9.86. The minimum absolute atomic E-state index is 0.125. The first-order valence-electron chi connectivity index (χ1n) is 12.5. The van der Waals surface area contributed by atoms with Gasteiger partial charge in [-0.15, -0.1) is 0 Å². The van der Waals surface area contributed by atoms with Gasteiger partial charge in [-0.1, -0.05) is 36.4 Å². The number of anilines is 2. The molecule has 0 spiro atoms. The number of benzene rings is 3. The van der Waals surface area contributed by atoms with Crippen LogP contribution in [0, 0.1) is 10.1 Å². The van der Waals surface area contributed by atoms with E-state index in [0.29, 0.717) is 25.7 Å². The maximum Gasteiger partial charge on any atom is 0.423 e. The van der Waals surface area contributed by atoms with Gasteiger partial charge in [-0.3, -0.25) is 15.0 Å². The molecule has 0 bridgehead atoms. The number of fused-ring (bicyclic) bond motifs is 1. The van der Waals surface area contributed by atoms with Crippen LogP contribution in [-0.4, -0.2) is 52.9 Å². The zero-order valence-corrected chi connectivity index (χ0v) is 20.2. The fourth-order valence-corrected chi connectivity index (χ4v) is 5.64. The molecule has 37 heavy (non-hydrogen) atoms. The zero-order chi connectivity index (χ0) is 26.2. The Bertz CT molecular complexity index is 1280. The highest BCUT2D eigenvalue weighted by molar-refractivity contribution is 5.94. The SMILES string of the molecule is O=[N+]([O-])c1ccc(NC2CCC(O)(N3CCN(c4cccc5ccccc45)CC3)CC2)cc1C(F)(F)F. The van der Waals surface area contributed by atoms with Gasteiger partial charge in [0.2, 0.25) is 0 Å². The van der Waals surface area contributed by atoms with Crippen LogP contribution in [0.1, 0.15) is 31.2 Å². The molecule has 2 N–H and O–H groups in total. The second-order valence-electron chi connectivity index (χ2n) is 9.86. The van der Waals surface area contributed by atoms with E-state index >= 15 is 0 Å². The first-order valence-corrected chi connectivity index (χ1v) is 12.5. The van der Waals surface area contributed by atoms with Crippen LogP contribution >= 0.6 is 0 Å². The van der Waals surface area contributed by atoms with E-state index in [0.717, 1.165) is 38.3 Å². The van der Waals surface area contributed by atoms with E-state index in [1.165, 1.54) is 22.5 Å². The van der Waals surface area contributed by atoms with Crippen molar-refractivity contribution >= 4 is 27.8 Å². The lowest BCUT2D eigenvalue weighted by molar-refractivity contribution is -0.388. The molecule has 1 saturated heterocycles. The Kier molecular flexibility index (Phi) is 6.72. The van der Waals surface area contributed by atoms with Gasteiger partial charge in [-0.2, -0.15) is 13.2 Å². The van der Waals surface area contributed by atoms with Crippen molar-refractivity contribution in [1.82, 2.24) is 4.90 Å². The molecule has 0 aromatic heterocycles. The van der Waals surface area contributed by atoms with Gasteiger partial charge >= 0.3 is 6.18 Å². The van der Waals surface area contributed by atoms with Crippen LogP contribution in [0.2, 0.25) is 0 Å². The van der Waals surface area contributed by atoms with E-state index in [2.05, 4.69) is 45.4 Å². The molecule has 0 radical (unpaired) electrons. The maximum absolute atomic E-state index is 13.3. The van der Waals surface area contributed by atoms with Gasteiger partial charge in [-0.25, -0.2) is 0 Å². The van der Waals surface area contributed by atoms with Gasteiger partial charge in [0.15, 0.2) is 0 Å². The topological polar surface area (TPSA) is 81.9 Å². The summed E-state index contributed by atoms with van der Waals surface area (Å²) in [6.07, 6.45) is -2.66. The van der Waals surface area contributed by atoms with Crippen LogP contribution < -0.4 is 10.2 Å². The van der Waals surface area contributed by atoms with Crippen molar-refractivity contribution in [2.45, 2.75) is 43.6 Å². The van der Waals surface area contributed by atoms with Crippen LogP contribution in [0.3, 0.4) is 0 Å². The van der Waals surface area contributed by atoms with E-state index in [1.807, 2.05) is 12.1 Å². The fourth-order valence-electron chi connectivity index (χ4n) is 5.64. The zero-order valence-electron chi connectivity index (χ0n) is 20.2. The molecule has 0 atom stereocenters. The van der Waals surface area contributed by atoms with E-state index in [-0.39, 0.29) is 11.7 Å². The summed E-state index contributed by atoms with van der Waals surface area (Å²) in [4.78, 5) is 14.5. The first-order chi connectivity index (χ1) is 17.6. The lowest BCUT2D eigenvalue weighted by atomic mass is 9.86. The van der Waals surface area contributed by atoms with Gasteiger partial charge < -0.3 is 15.3 Å². The summed E-state index contributed by atoms with van der Waals surface area (Å²) in [5, 5.41) is 27.9. The van der Waals surface area contributed by atoms with Crippen molar-refractivity contribution in [2.75, 3.05) is 36.4 Å². The summed E-state index contributed by atoms with van der Waals surface area (Å²) >= 11 is 0. The van der Waals surface area contributed by atoms with Crippen LogP contribution in [0.15, 0.2) is 60.7 Å². The van der Waals surface area contributed by atoms with Crippen molar-refractivity contribution in [3.63, 3.8) is 0 Å². The molecule has 1 saturated carbocycles. The number of nitro benzene ring substituents is 1. The highest BCUT2D eigenvalue weighted by Gasteiger charge is 2.41. The summed E-state index contributed by atoms with van der Waals surface area (Å²) < 4.78 is 39.9. The van der Waals surface area contributed by atoms with Crippen molar-refractivity contribution in [1.29, 1.82) is 0 Å². The Balaban J connectivity index is 1.19. The molecular weight excluding hydrogens is 485 g/mol. The number of hydrogen-bond donors (Lipinski definition) is 2. The molecule has 7 nitrogen and oxygen atoms in total. The summed E-state index contributed by atoms with van der Waals surface area (Å²) in [6.45, 7) is 3.02. The predicted octanol–water partition coefficient (Wildman–Crippen LogP) is 5.63. The van der Waals surface area contributed by atoms with Gasteiger partial charge in [0.1, 0.15) is 11.3 Å². The van der Waals surface area contributed by atoms with Crippen LogP contribution in [-0.2, 0) is 6.18 Å². The van der Waals surface area contributed by atoms with E-state index in [4.69, 9.17) is 0 Å². The molecule has 2 fully saturated rings. The van der Waals surface area contributed by atoms with Gasteiger partial charge in [0, 0.05) is 55.0 Å². The van der Waals surface area contributed by atoms with E-state index < -0.39 is 28.1 Å². The van der Waals surface area contributed by atoms with E-state index in [9.17, 15) is 28.4 Å². The molecule has 2 aliphatic rings. The lowest BCUT2D eigenvalue weighted by Gasteiger charge is -2.48. The molecule has 0 amide bonds. The normalized spacial score (nSPS) is 23.2. The van der Waals surface area contributed by atoms with Crippen LogP contribution in [0.5, 0.6) is 0 Å². The Hall–Kier alpha value is -3.37. The van der Waals surface area contributed by atoms with E-state index in [1.54, 1.807) is 0 Å². The smallest absolute Gasteiger partial charge is 0.382 e. The van der Waals surface area contributed by atoms with Gasteiger partial charge in [-0.05, 0) is 49.3 Å². The Labute approximate surface area is 212 Å². The standard InChI is InChI=1S/C27H29F3N4O3/c28-27(29,30)23-18-21(8-9-25(23)34(36)37)31-20-10-12-26(35,13-11-20)33-16-14-32(15-17-33)24-7-3-5-19-4-1-2-6-22(19)24/h1-9,18,20,31,35H,10-17H2. The molecule has 196 valence electrons. The Morgan fingerprint density at radius 3 is 2.32 bits per heavy atom. The summed E-state index contributed by atoms with van der Waals surface area (Å²) in [6, 6.07) is 17.5. The van der Waals surface area contributed by atoms with Crippen LogP contribution in [0.4, 0.5) is 30.2 Å². The lowest BCUT2D eigenvalue weighted by Crippen LogP contribution is -2.59. The first kappa shape index (κ1) is 25.3. The molecule has 10 heteroatoms. The number of alkyl halides is 3. The molecule has 1 aliphatic carbocycles.